The quantitative estimate of drug-likeness (QED) is 0.838. The van der Waals surface area contributed by atoms with Crippen molar-refractivity contribution < 1.29 is 9.53 Å². The lowest BCUT2D eigenvalue weighted by Crippen LogP contribution is -2.37. The molecule has 1 atom stereocenters. The van der Waals surface area contributed by atoms with Crippen molar-refractivity contribution >= 4 is 23.4 Å². The Morgan fingerprint density at radius 1 is 1.30 bits per heavy atom. The van der Waals surface area contributed by atoms with Crippen LogP contribution in [0.15, 0.2) is 18.2 Å². The summed E-state index contributed by atoms with van der Waals surface area (Å²) in [6.07, 6.45) is 2.65. The molecule has 1 N–H and O–H groups in total. The molecule has 0 saturated carbocycles. The molecule has 1 heterocycles. The second kappa shape index (κ2) is 7.43. The maximum Gasteiger partial charge on any atom is 0.410 e. The zero-order valence-corrected chi connectivity index (χ0v) is 15.2. The van der Waals surface area contributed by atoms with Gasteiger partial charge in [-0.25, -0.2) is 4.79 Å². The number of carbonyl (C=O) groups is 1. The summed E-state index contributed by atoms with van der Waals surface area (Å²) < 4.78 is 5.47. The van der Waals surface area contributed by atoms with Crippen LogP contribution in [0.25, 0.3) is 0 Å². The van der Waals surface area contributed by atoms with Gasteiger partial charge in [0.1, 0.15) is 5.60 Å². The summed E-state index contributed by atoms with van der Waals surface area (Å²) >= 11 is 6.26. The summed E-state index contributed by atoms with van der Waals surface area (Å²) in [7, 11) is 0. The zero-order valence-electron chi connectivity index (χ0n) is 14.5. The first-order valence-electron chi connectivity index (χ1n) is 8.25. The number of nitrogens with one attached hydrogen (secondary N) is 1. The minimum absolute atomic E-state index is 0.216. The highest BCUT2D eigenvalue weighted by molar-refractivity contribution is 6.33. The van der Waals surface area contributed by atoms with Crippen molar-refractivity contribution in [1.29, 1.82) is 0 Å². The average molecular weight is 339 g/mol. The topological polar surface area (TPSA) is 41.6 Å². The number of rotatable bonds is 2. The van der Waals surface area contributed by atoms with Gasteiger partial charge in [-0.15, -0.1) is 0 Å². The van der Waals surface area contributed by atoms with Gasteiger partial charge < -0.3 is 15.0 Å². The van der Waals surface area contributed by atoms with Gasteiger partial charge in [0, 0.05) is 19.1 Å². The predicted molar refractivity (Wildman–Crippen MR) is 95.3 cm³/mol. The van der Waals surface area contributed by atoms with E-state index < -0.39 is 5.60 Å². The number of anilines is 1. The van der Waals surface area contributed by atoms with Gasteiger partial charge in [-0.05, 0) is 64.7 Å². The van der Waals surface area contributed by atoms with E-state index in [4.69, 9.17) is 16.3 Å². The third-order valence-electron chi connectivity index (χ3n) is 3.86. The lowest BCUT2D eigenvalue weighted by atomic mass is 10.1. The van der Waals surface area contributed by atoms with Crippen molar-refractivity contribution in [1.82, 2.24) is 4.90 Å². The number of aryl methyl sites for hydroxylation is 1. The highest BCUT2D eigenvalue weighted by atomic mass is 35.5. The Hall–Kier alpha value is -1.42. The van der Waals surface area contributed by atoms with Crippen molar-refractivity contribution in [2.75, 3.05) is 18.4 Å². The van der Waals surface area contributed by atoms with Crippen LogP contribution in [0, 0.1) is 6.92 Å². The minimum Gasteiger partial charge on any atom is -0.444 e. The number of hydrogen-bond donors (Lipinski definition) is 1. The Bertz CT molecular complexity index is 554. The van der Waals surface area contributed by atoms with Gasteiger partial charge in [0.25, 0.3) is 0 Å². The van der Waals surface area contributed by atoms with E-state index in [-0.39, 0.29) is 6.09 Å². The van der Waals surface area contributed by atoms with Crippen molar-refractivity contribution in [3.8, 4) is 0 Å². The van der Waals surface area contributed by atoms with Crippen molar-refractivity contribution in [3.63, 3.8) is 0 Å². The second-order valence-electron chi connectivity index (χ2n) is 7.22. The van der Waals surface area contributed by atoms with Crippen LogP contribution in [-0.2, 0) is 4.74 Å². The predicted octanol–water partition coefficient (Wildman–Crippen LogP) is 4.85. The number of hydrogen-bond acceptors (Lipinski definition) is 3. The molecule has 1 unspecified atom stereocenters. The molecule has 1 aromatic rings. The maximum absolute atomic E-state index is 12.2. The lowest BCUT2D eigenvalue weighted by molar-refractivity contribution is 0.0256. The number of nitrogens with zero attached hydrogens (tertiary/aromatic N) is 1. The molecule has 1 saturated heterocycles. The van der Waals surface area contributed by atoms with Gasteiger partial charge in [-0.1, -0.05) is 17.7 Å². The van der Waals surface area contributed by atoms with Gasteiger partial charge in [-0.2, -0.15) is 0 Å². The van der Waals surface area contributed by atoms with Crippen LogP contribution in [0.1, 0.15) is 45.6 Å². The van der Waals surface area contributed by atoms with E-state index in [9.17, 15) is 4.79 Å². The summed E-state index contributed by atoms with van der Waals surface area (Å²) in [6, 6.07) is 6.31. The fraction of sp³-hybridized carbons (Fsp3) is 0.611. The highest BCUT2D eigenvalue weighted by Gasteiger charge is 2.25. The monoisotopic (exact) mass is 338 g/mol. The first-order valence-corrected chi connectivity index (χ1v) is 8.63. The molecule has 0 radical (unpaired) electrons. The number of ether oxygens (including phenoxy) is 1. The molecule has 0 spiro atoms. The molecule has 1 aliphatic heterocycles. The molecule has 4 nitrogen and oxygen atoms in total. The first-order chi connectivity index (χ1) is 10.7. The van der Waals surface area contributed by atoms with Crippen LogP contribution < -0.4 is 5.32 Å². The van der Waals surface area contributed by atoms with E-state index in [0.29, 0.717) is 12.6 Å². The van der Waals surface area contributed by atoms with Crippen molar-refractivity contribution in [3.05, 3.63) is 28.8 Å². The van der Waals surface area contributed by atoms with Gasteiger partial charge in [0.2, 0.25) is 0 Å². The Balaban J connectivity index is 1.93. The number of benzene rings is 1. The molecule has 23 heavy (non-hydrogen) atoms. The number of likely N-dealkylation sites (tertiary alicyclic amines) is 1. The van der Waals surface area contributed by atoms with Gasteiger partial charge >= 0.3 is 6.09 Å². The summed E-state index contributed by atoms with van der Waals surface area (Å²) in [4.78, 5) is 14.0. The normalized spacial score (nSPS) is 19.2. The zero-order chi connectivity index (χ0) is 17.0. The largest absolute Gasteiger partial charge is 0.444 e. The number of carbonyl (C=O) groups excluding carboxylic acids is 1. The van der Waals surface area contributed by atoms with Gasteiger partial charge in [0.15, 0.2) is 0 Å². The Morgan fingerprint density at radius 2 is 2.04 bits per heavy atom. The fourth-order valence-electron chi connectivity index (χ4n) is 2.72. The molecular formula is C18H27ClN2O2. The maximum atomic E-state index is 12.2. The molecule has 1 aromatic carbocycles. The van der Waals surface area contributed by atoms with E-state index in [1.807, 2.05) is 37.8 Å². The highest BCUT2D eigenvalue weighted by Crippen LogP contribution is 2.26. The summed E-state index contributed by atoms with van der Waals surface area (Å²) in [5, 5.41) is 4.27. The SMILES string of the molecule is Cc1ccc(Cl)c(NC2CCCN(C(=O)OC(C)(C)C)CC2)c1. The number of amides is 1. The van der Waals surface area contributed by atoms with Crippen molar-refractivity contribution in [2.45, 2.75) is 58.6 Å². The molecule has 0 aromatic heterocycles. The van der Waals surface area contributed by atoms with Gasteiger partial charge in [-0.3, -0.25) is 0 Å². The fourth-order valence-corrected chi connectivity index (χ4v) is 2.89. The van der Waals surface area contributed by atoms with Crippen LogP contribution in [0.5, 0.6) is 0 Å². The van der Waals surface area contributed by atoms with Crippen molar-refractivity contribution in [2.24, 2.45) is 0 Å². The molecule has 0 aliphatic carbocycles. The van der Waals surface area contributed by atoms with Gasteiger partial charge in [0.05, 0.1) is 10.7 Å². The molecule has 1 fully saturated rings. The van der Waals surface area contributed by atoms with E-state index in [1.165, 1.54) is 5.56 Å². The third-order valence-corrected chi connectivity index (χ3v) is 4.19. The van der Waals surface area contributed by atoms with Crippen LogP contribution in [-0.4, -0.2) is 35.7 Å². The summed E-state index contributed by atoms with van der Waals surface area (Å²) in [5.74, 6) is 0. The lowest BCUT2D eigenvalue weighted by Gasteiger charge is -2.26. The van der Waals surface area contributed by atoms with Crippen LogP contribution in [0.3, 0.4) is 0 Å². The van der Waals surface area contributed by atoms with Crippen LogP contribution >= 0.6 is 11.6 Å². The van der Waals surface area contributed by atoms with E-state index in [1.54, 1.807) is 0 Å². The molecule has 2 rings (SSSR count). The molecule has 1 aliphatic rings. The molecular weight excluding hydrogens is 312 g/mol. The molecule has 0 bridgehead atoms. The van der Waals surface area contributed by atoms with E-state index >= 15 is 0 Å². The van der Waals surface area contributed by atoms with E-state index in [0.717, 1.165) is 36.5 Å². The van der Waals surface area contributed by atoms with Crippen LogP contribution in [0.2, 0.25) is 5.02 Å². The van der Waals surface area contributed by atoms with Crippen LogP contribution in [0.4, 0.5) is 10.5 Å². The standard InChI is InChI=1S/C18H27ClN2O2/c1-13-7-8-15(19)16(12-13)20-14-6-5-10-21(11-9-14)17(22)23-18(2,3)4/h7-8,12,14,20H,5-6,9-11H2,1-4H3. The Morgan fingerprint density at radius 3 is 2.74 bits per heavy atom. The first kappa shape index (κ1) is 17.9. The Kier molecular flexibility index (Phi) is 5.79. The summed E-state index contributed by atoms with van der Waals surface area (Å²) in [6.45, 7) is 9.19. The number of halogens is 1. The average Bonchev–Trinajstić information content (AvgIpc) is 2.67. The second-order valence-corrected chi connectivity index (χ2v) is 7.63. The molecule has 5 heteroatoms. The third kappa shape index (κ3) is 5.61. The molecule has 128 valence electrons. The summed E-state index contributed by atoms with van der Waals surface area (Å²) in [5.41, 5.74) is 1.71. The smallest absolute Gasteiger partial charge is 0.410 e. The Labute approximate surface area is 144 Å². The van der Waals surface area contributed by atoms with E-state index in [2.05, 4.69) is 18.3 Å². The minimum atomic E-state index is -0.448. The molecule has 1 amide bonds.